The molecule has 3 atom stereocenters. The van der Waals surface area contributed by atoms with Gasteiger partial charge in [0.05, 0.1) is 39.9 Å². The fourth-order valence-electron chi connectivity index (χ4n) is 5.69. The van der Waals surface area contributed by atoms with Gasteiger partial charge in [-0.25, -0.2) is 4.57 Å². The zero-order valence-corrected chi connectivity index (χ0v) is 36.5. The van der Waals surface area contributed by atoms with Gasteiger partial charge < -0.3 is 19.8 Å². The minimum atomic E-state index is -4.37. The molecule has 9 nitrogen and oxygen atoms in total. The molecular weight excluding hydrogens is 711 g/mol. The van der Waals surface area contributed by atoms with E-state index in [-0.39, 0.29) is 31.3 Å². The van der Waals surface area contributed by atoms with E-state index < -0.39 is 20.0 Å². The van der Waals surface area contributed by atoms with Gasteiger partial charge in [0, 0.05) is 12.8 Å². The number of aliphatic hydroxyl groups excluding tert-OH is 1. The Hall–Kier alpha value is -2.13. The molecule has 55 heavy (non-hydrogen) atoms. The quantitative estimate of drug-likeness (QED) is 0.0142. The maximum absolute atomic E-state index is 12.8. The van der Waals surface area contributed by atoms with Crippen LogP contribution in [-0.2, 0) is 23.2 Å². The number of nitrogens with one attached hydrogen (secondary N) is 1. The third kappa shape index (κ3) is 38.5. The van der Waals surface area contributed by atoms with Gasteiger partial charge in [-0.2, -0.15) is 0 Å². The van der Waals surface area contributed by atoms with Crippen LogP contribution in [0.4, 0.5) is 0 Å². The van der Waals surface area contributed by atoms with E-state index in [4.69, 9.17) is 9.05 Å². The fraction of sp³-hybridized carbons (Fsp3) is 0.733. The number of carbonyl (C=O) groups excluding carboxylic acids is 2. The first-order valence-corrected chi connectivity index (χ1v) is 23.1. The molecule has 0 aromatic heterocycles. The highest BCUT2D eigenvalue weighted by Gasteiger charge is 2.27. The fourth-order valence-corrected chi connectivity index (χ4v) is 6.43. The van der Waals surface area contributed by atoms with Gasteiger partial charge in [-0.3, -0.25) is 18.6 Å². The number of aliphatic hydroxyl groups is 1. The Morgan fingerprint density at radius 2 is 1.22 bits per heavy atom. The van der Waals surface area contributed by atoms with Gasteiger partial charge in [-0.15, -0.1) is 0 Å². The maximum atomic E-state index is 12.8. The number of phosphoric ester groups is 1. The molecule has 0 radical (unpaired) electrons. The molecule has 0 aliphatic heterocycles. The molecule has 0 heterocycles. The predicted octanol–water partition coefficient (Wildman–Crippen LogP) is 11.0. The lowest BCUT2D eigenvalue weighted by atomic mass is 10.0. The van der Waals surface area contributed by atoms with Crippen molar-refractivity contribution in [3.05, 3.63) is 60.8 Å². The van der Waals surface area contributed by atoms with Crippen LogP contribution in [0.1, 0.15) is 162 Å². The van der Waals surface area contributed by atoms with Crippen molar-refractivity contribution in [2.75, 3.05) is 40.9 Å². The summed E-state index contributed by atoms with van der Waals surface area (Å²) in [5.41, 5.74) is 0. The molecule has 0 aromatic rings. The lowest BCUT2D eigenvalue weighted by Crippen LogP contribution is -2.45. The number of carbonyl (C=O) groups is 2. The van der Waals surface area contributed by atoms with E-state index in [0.717, 1.165) is 57.8 Å². The summed E-state index contributed by atoms with van der Waals surface area (Å²) in [6.45, 7) is 4.58. The number of allylic oxidation sites excluding steroid dienone is 9. The molecular formula is C45H82N2O7P+. The molecule has 0 saturated heterocycles. The van der Waals surface area contributed by atoms with Crippen LogP contribution in [0.15, 0.2) is 60.8 Å². The average molecular weight is 794 g/mol. The van der Waals surface area contributed by atoms with Crippen molar-refractivity contribution >= 4 is 19.5 Å². The van der Waals surface area contributed by atoms with E-state index in [1.165, 1.54) is 70.6 Å². The summed E-state index contributed by atoms with van der Waals surface area (Å²) in [6, 6.07) is -0.894. The third-order valence-electron chi connectivity index (χ3n) is 9.21. The van der Waals surface area contributed by atoms with Crippen molar-refractivity contribution in [3.8, 4) is 0 Å². The zero-order chi connectivity index (χ0) is 40.9. The van der Waals surface area contributed by atoms with Crippen LogP contribution in [0.5, 0.6) is 0 Å². The first kappa shape index (κ1) is 52.9. The van der Waals surface area contributed by atoms with Crippen molar-refractivity contribution in [2.24, 2.45) is 0 Å². The Bertz CT molecular complexity index is 1140. The van der Waals surface area contributed by atoms with Gasteiger partial charge in [0.15, 0.2) is 5.78 Å². The van der Waals surface area contributed by atoms with Crippen molar-refractivity contribution in [1.82, 2.24) is 5.32 Å². The number of phosphoric acid groups is 1. The minimum Gasteiger partial charge on any atom is -0.387 e. The summed E-state index contributed by atoms with van der Waals surface area (Å²) in [5, 5.41) is 13.7. The molecule has 10 heteroatoms. The number of unbranched alkanes of at least 4 members (excludes halogenated alkanes) is 16. The number of amides is 1. The zero-order valence-electron chi connectivity index (χ0n) is 35.6. The van der Waals surface area contributed by atoms with Gasteiger partial charge in [0.25, 0.3) is 0 Å². The van der Waals surface area contributed by atoms with Crippen LogP contribution in [0.3, 0.4) is 0 Å². The largest absolute Gasteiger partial charge is 0.472 e. The molecule has 0 aliphatic carbocycles. The average Bonchev–Trinajstić information content (AvgIpc) is 3.13. The summed E-state index contributed by atoms with van der Waals surface area (Å²) in [7, 11) is 1.49. The van der Waals surface area contributed by atoms with Crippen molar-refractivity contribution < 1.29 is 37.7 Å². The standard InChI is InChI=1S/C45H81N2O7P/c1-6-8-10-11-12-13-14-15-16-17-20-23-26-29-33-37-44(49)43(41-54-55(51,52)53-40-39-47(3,4)5)46-45(50)38-34-30-27-24-21-18-19-22-25-28-32-36-42(48)35-31-9-7-2/h18-19,24-25,27-28,32-33,36-37,43-44,49H,6-17,20-23,26,29-31,34-35,38-41H2,1-5H3,(H-,46,50,51,52)/p+1/b19-18-,27-24-,28-25-,36-32+,37-33+/t43-,44+/m0/s1. The van der Waals surface area contributed by atoms with Crippen LogP contribution < -0.4 is 5.32 Å². The Morgan fingerprint density at radius 1 is 0.673 bits per heavy atom. The van der Waals surface area contributed by atoms with Gasteiger partial charge in [-0.1, -0.05) is 158 Å². The normalized spacial score (nSPS) is 14.9. The van der Waals surface area contributed by atoms with Crippen molar-refractivity contribution in [2.45, 2.75) is 174 Å². The number of nitrogens with zero attached hydrogens (tertiary/aromatic N) is 1. The molecule has 0 bridgehead atoms. The predicted molar refractivity (Wildman–Crippen MR) is 231 cm³/mol. The molecule has 0 fully saturated rings. The Kier molecular flexibility index (Phi) is 34.8. The first-order valence-electron chi connectivity index (χ1n) is 21.6. The van der Waals surface area contributed by atoms with E-state index in [1.807, 2.05) is 45.4 Å². The van der Waals surface area contributed by atoms with Crippen LogP contribution in [-0.4, -0.2) is 79.2 Å². The number of rotatable bonds is 38. The summed E-state index contributed by atoms with van der Waals surface area (Å²) < 4.78 is 23.5. The van der Waals surface area contributed by atoms with Crippen molar-refractivity contribution in [3.63, 3.8) is 0 Å². The monoisotopic (exact) mass is 794 g/mol. The molecule has 318 valence electrons. The number of likely N-dealkylation sites (N-methyl/N-ethyl adjacent to an activating group) is 1. The van der Waals surface area contributed by atoms with Gasteiger partial charge >= 0.3 is 7.82 Å². The minimum absolute atomic E-state index is 0.0380. The summed E-state index contributed by atoms with van der Waals surface area (Å²) >= 11 is 0. The van der Waals surface area contributed by atoms with E-state index in [0.29, 0.717) is 23.9 Å². The molecule has 3 N–H and O–H groups in total. The number of hydrogen-bond donors (Lipinski definition) is 3. The van der Waals surface area contributed by atoms with Crippen molar-refractivity contribution in [1.29, 1.82) is 0 Å². The highest BCUT2D eigenvalue weighted by molar-refractivity contribution is 7.47. The second kappa shape index (κ2) is 36.2. The van der Waals surface area contributed by atoms with Gasteiger partial charge in [0.1, 0.15) is 13.2 Å². The topological polar surface area (TPSA) is 122 Å². The molecule has 0 saturated carbocycles. The molecule has 0 spiro atoms. The molecule has 0 rings (SSSR count). The summed E-state index contributed by atoms with van der Waals surface area (Å²) in [4.78, 5) is 34.8. The number of quaternary nitrogens is 1. The number of hydrogen-bond acceptors (Lipinski definition) is 6. The molecule has 0 aliphatic rings. The third-order valence-corrected chi connectivity index (χ3v) is 10.2. The van der Waals surface area contributed by atoms with E-state index >= 15 is 0 Å². The smallest absolute Gasteiger partial charge is 0.387 e. The summed E-state index contributed by atoms with van der Waals surface area (Å²) in [5.74, 6) is -0.0798. The molecule has 1 unspecified atom stereocenters. The highest BCUT2D eigenvalue weighted by Crippen LogP contribution is 2.43. The van der Waals surface area contributed by atoms with E-state index in [9.17, 15) is 24.2 Å². The lowest BCUT2D eigenvalue weighted by molar-refractivity contribution is -0.870. The Labute approximate surface area is 337 Å². The van der Waals surface area contributed by atoms with Crippen LogP contribution in [0, 0.1) is 0 Å². The first-order chi connectivity index (χ1) is 26.4. The Morgan fingerprint density at radius 3 is 1.84 bits per heavy atom. The van der Waals surface area contributed by atoms with Crippen LogP contribution in [0.25, 0.3) is 0 Å². The maximum Gasteiger partial charge on any atom is 0.472 e. The molecule has 0 aromatic carbocycles. The Balaban J connectivity index is 4.62. The van der Waals surface area contributed by atoms with Gasteiger partial charge in [-0.05, 0) is 51.0 Å². The second-order valence-electron chi connectivity index (χ2n) is 15.8. The summed E-state index contributed by atoms with van der Waals surface area (Å²) in [6.07, 6.45) is 42.7. The molecule has 1 amide bonds. The highest BCUT2D eigenvalue weighted by atomic mass is 31.2. The number of ketones is 1. The van der Waals surface area contributed by atoms with Crippen LogP contribution in [0.2, 0.25) is 0 Å². The van der Waals surface area contributed by atoms with Crippen LogP contribution >= 0.6 is 7.82 Å². The second-order valence-corrected chi connectivity index (χ2v) is 17.2. The lowest BCUT2D eigenvalue weighted by Gasteiger charge is -2.25. The van der Waals surface area contributed by atoms with Gasteiger partial charge in [0.2, 0.25) is 5.91 Å². The SMILES string of the molecule is CCCCCCCCCCCCCCC/C=C/[C@@H](O)[C@H](COP(=O)(O)OCC[N+](C)(C)C)NC(=O)CCC/C=C\C/C=C\C/C=C\C=C\C(=O)CCCCC. The van der Waals surface area contributed by atoms with E-state index in [2.05, 4.69) is 37.4 Å². The van der Waals surface area contributed by atoms with E-state index in [1.54, 1.807) is 18.2 Å².